The minimum atomic E-state index is -1.00. The van der Waals surface area contributed by atoms with E-state index in [4.69, 9.17) is 17.0 Å². The monoisotopic (exact) mass is 315 g/mol. The van der Waals surface area contributed by atoms with Crippen LogP contribution in [0.3, 0.4) is 0 Å². The van der Waals surface area contributed by atoms with Gasteiger partial charge in [0.1, 0.15) is 5.82 Å². The third kappa shape index (κ3) is 5.74. The number of hydrazine groups is 1. The summed E-state index contributed by atoms with van der Waals surface area (Å²) >= 11 is 4.86. The fraction of sp³-hybridized carbons (Fsp3) is 0.231. The summed E-state index contributed by atoms with van der Waals surface area (Å²) in [5.74, 6) is -2.39. The van der Waals surface area contributed by atoms with Crippen molar-refractivity contribution in [2.24, 2.45) is 0 Å². The molecule has 0 aliphatic carbocycles. The Morgan fingerprint density at radius 1 is 1.48 bits per heavy atom. The van der Waals surface area contributed by atoms with Gasteiger partial charge in [0.05, 0.1) is 0 Å². The van der Waals surface area contributed by atoms with Gasteiger partial charge >= 0.3 is 0 Å². The Bertz CT molecular complexity index is 540. The number of halogens is 2. The molecule has 21 heavy (non-hydrogen) atoms. The smallest absolute Gasteiger partial charge is 0.279 e. The maximum atomic E-state index is 13.4. The molecule has 3 N–H and O–H groups in total. The summed E-state index contributed by atoms with van der Waals surface area (Å²) in [6.45, 7) is 5.35. The molecule has 5 nitrogen and oxygen atoms in total. The van der Waals surface area contributed by atoms with Gasteiger partial charge in [0.2, 0.25) is 0 Å². The molecule has 1 atom stereocenters. The molecule has 0 spiro atoms. The number of carbonyl (C=O) groups excluding carboxylic acids is 1. The Labute approximate surface area is 126 Å². The summed E-state index contributed by atoms with van der Waals surface area (Å²) < 4.78 is 31.2. The fourth-order valence-electron chi connectivity index (χ4n) is 1.24. The standard InChI is InChI=1S/C13H15F2N3O2S/c1-3-6-16-13(21)18-17-12(19)8(2)20-11-5-4-9(14)7-10(11)15/h3-5,7-8H,1,6H2,2H3,(H,17,19)(H2,16,18,21)/t8-/m0/s1. The molecule has 0 unspecified atom stereocenters. The van der Waals surface area contributed by atoms with Crippen LogP contribution in [-0.2, 0) is 4.79 Å². The number of rotatable bonds is 5. The van der Waals surface area contributed by atoms with Gasteiger partial charge in [-0.15, -0.1) is 6.58 Å². The lowest BCUT2D eigenvalue weighted by Gasteiger charge is -2.16. The number of thiocarbonyl (C=S) groups is 1. The van der Waals surface area contributed by atoms with Crippen LogP contribution in [0.25, 0.3) is 0 Å². The molecule has 1 aromatic carbocycles. The van der Waals surface area contributed by atoms with Crippen LogP contribution < -0.4 is 20.9 Å². The first-order valence-electron chi connectivity index (χ1n) is 6.00. The zero-order chi connectivity index (χ0) is 15.8. The third-order valence-corrected chi connectivity index (χ3v) is 2.52. The summed E-state index contributed by atoms with van der Waals surface area (Å²) in [6.07, 6.45) is 0.596. The van der Waals surface area contributed by atoms with Crippen molar-refractivity contribution in [1.29, 1.82) is 0 Å². The highest BCUT2D eigenvalue weighted by atomic mass is 32.1. The molecular formula is C13H15F2N3O2S. The van der Waals surface area contributed by atoms with E-state index >= 15 is 0 Å². The van der Waals surface area contributed by atoms with Crippen LogP contribution in [0, 0.1) is 11.6 Å². The van der Waals surface area contributed by atoms with Gasteiger partial charge in [-0.2, -0.15) is 0 Å². The average Bonchev–Trinajstić information content (AvgIpc) is 2.45. The van der Waals surface area contributed by atoms with Gasteiger partial charge < -0.3 is 10.1 Å². The predicted octanol–water partition coefficient (Wildman–Crippen LogP) is 1.41. The maximum absolute atomic E-state index is 13.4. The molecule has 0 heterocycles. The topological polar surface area (TPSA) is 62.4 Å². The van der Waals surface area contributed by atoms with Crippen LogP contribution in [0.4, 0.5) is 8.78 Å². The van der Waals surface area contributed by atoms with Crippen LogP contribution in [0.1, 0.15) is 6.92 Å². The molecular weight excluding hydrogens is 300 g/mol. The van der Waals surface area contributed by atoms with Gasteiger partial charge in [0.15, 0.2) is 22.8 Å². The van der Waals surface area contributed by atoms with Crippen molar-refractivity contribution in [3.8, 4) is 5.75 Å². The zero-order valence-electron chi connectivity index (χ0n) is 11.3. The maximum Gasteiger partial charge on any atom is 0.279 e. The molecule has 0 aromatic heterocycles. The molecule has 0 radical (unpaired) electrons. The van der Waals surface area contributed by atoms with E-state index < -0.39 is 23.6 Å². The normalized spacial score (nSPS) is 11.2. The fourth-order valence-corrected chi connectivity index (χ4v) is 1.38. The quantitative estimate of drug-likeness (QED) is 0.436. The minimum Gasteiger partial charge on any atom is -0.478 e. The zero-order valence-corrected chi connectivity index (χ0v) is 12.1. The van der Waals surface area contributed by atoms with E-state index in [1.165, 1.54) is 6.92 Å². The van der Waals surface area contributed by atoms with Crippen molar-refractivity contribution in [2.45, 2.75) is 13.0 Å². The largest absolute Gasteiger partial charge is 0.478 e. The van der Waals surface area contributed by atoms with Gasteiger partial charge in [-0.1, -0.05) is 6.08 Å². The molecule has 114 valence electrons. The van der Waals surface area contributed by atoms with Crippen molar-refractivity contribution in [3.63, 3.8) is 0 Å². The van der Waals surface area contributed by atoms with Crippen LogP contribution in [0.5, 0.6) is 5.75 Å². The first-order chi connectivity index (χ1) is 9.93. The van der Waals surface area contributed by atoms with Gasteiger partial charge in [-0.25, -0.2) is 8.78 Å². The summed E-state index contributed by atoms with van der Waals surface area (Å²) in [5, 5.41) is 2.93. The number of hydrogen-bond acceptors (Lipinski definition) is 3. The minimum absolute atomic E-state index is 0.198. The number of amides is 1. The second-order valence-electron chi connectivity index (χ2n) is 3.95. The Morgan fingerprint density at radius 2 is 2.19 bits per heavy atom. The molecule has 1 amide bonds. The third-order valence-electron chi connectivity index (χ3n) is 2.27. The average molecular weight is 315 g/mol. The Balaban J connectivity index is 2.47. The van der Waals surface area contributed by atoms with E-state index in [1.54, 1.807) is 6.08 Å². The van der Waals surface area contributed by atoms with E-state index in [-0.39, 0.29) is 10.9 Å². The first kappa shape index (κ1) is 16.8. The molecule has 0 saturated carbocycles. The van der Waals surface area contributed by atoms with Gasteiger partial charge in [-0.05, 0) is 31.3 Å². The van der Waals surface area contributed by atoms with Crippen LogP contribution in [0.15, 0.2) is 30.9 Å². The summed E-state index contributed by atoms with van der Waals surface area (Å²) in [4.78, 5) is 11.7. The molecule has 1 rings (SSSR count). The van der Waals surface area contributed by atoms with Gasteiger partial charge in [-0.3, -0.25) is 15.6 Å². The highest BCUT2D eigenvalue weighted by Gasteiger charge is 2.17. The van der Waals surface area contributed by atoms with Crippen molar-refractivity contribution in [1.82, 2.24) is 16.2 Å². The molecule has 0 aliphatic heterocycles. The first-order valence-corrected chi connectivity index (χ1v) is 6.41. The Hall–Kier alpha value is -2.22. The molecule has 0 fully saturated rings. The van der Waals surface area contributed by atoms with Crippen molar-refractivity contribution >= 4 is 23.2 Å². The number of carbonyl (C=O) groups is 1. The Morgan fingerprint density at radius 3 is 2.81 bits per heavy atom. The summed E-state index contributed by atoms with van der Waals surface area (Å²) in [6, 6.07) is 2.82. The lowest BCUT2D eigenvalue weighted by Crippen LogP contribution is -2.50. The number of benzene rings is 1. The number of nitrogens with one attached hydrogen (secondary N) is 3. The lowest BCUT2D eigenvalue weighted by molar-refractivity contribution is -0.127. The second kappa shape index (κ2) is 8.15. The van der Waals surface area contributed by atoms with Crippen molar-refractivity contribution in [2.75, 3.05) is 6.54 Å². The SMILES string of the molecule is C=CCNC(=S)NNC(=O)[C@H](C)Oc1ccc(F)cc1F. The highest BCUT2D eigenvalue weighted by molar-refractivity contribution is 7.80. The van der Waals surface area contributed by atoms with E-state index in [0.717, 1.165) is 12.1 Å². The van der Waals surface area contributed by atoms with E-state index in [9.17, 15) is 13.6 Å². The van der Waals surface area contributed by atoms with E-state index in [1.807, 2.05) is 0 Å². The molecule has 8 heteroatoms. The molecule has 0 aliphatic rings. The van der Waals surface area contributed by atoms with Crippen molar-refractivity contribution < 1.29 is 18.3 Å². The second-order valence-corrected chi connectivity index (χ2v) is 4.36. The van der Waals surface area contributed by atoms with Gasteiger partial charge in [0, 0.05) is 12.6 Å². The van der Waals surface area contributed by atoms with Crippen molar-refractivity contribution in [3.05, 3.63) is 42.5 Å². The molecule has 1 aromatic rings. The summed E-state index contributed by atoms with van der Waals surface area (Å²) in [7, 11) is 0. The van der Waals surface area contributed by atoms with Crippen LogP contribution in [-0.4, -0.2) is 23.7 Å². The van der Waals surface area contributed by atoms with Crippen LogP contribution in [0.2, 0.25) is 0 Å². The summed E-state index contributed by atoms with van der Waals surface area (Å²) in [5.41, 5.74) is 4.74. The van der Waals surface area contributed by atoms with E-state index in [0.29, 0.717) is 12.6 Å². The number of ether oxygens (including phenoxy) is 1. The van der Waals surface area contributed by atoms with E-state index in [2.05, 4.69) is 22.7 Å². The number of hydrogen-bond donors (Lipinski definition) is 3. The Kier molecular flexibility index (Phi) is 6.54. The van der Waals surface area contributed by atoms with Gasteiger partial charge in [0.25, 0.3) is 5.91 Å². The van der Waals surface area contributed by atoms with Crippen LogP contribution >= 0.6 is 12.2 Å². The predicted molar refractivity (Wildman–Crippen MR) is 78.5 cm³/mol. The molecule has 0 saturated heterocycles. The highest BCUT2D eigenvalue weighted by Crippen LogP contribution is 2.18. The molecule has 0 bridgehead atoms. The lowest BCUT2D eigenvalue weighted by atomic mass is 10.3.